The number of piperidine rings is 1. The summed E-state index contributed by atoms with van der Waals surface area (Å²) in [6, 6.07) is 0. The van der Waals surface area contributed by atoms with Crippen molar-refractivity contribution in [1.82, 2.24) is 19.2 Å². The van der Waals surface area contributed by atoms with E-state index < -0.39 is 10.0 Å². The van der Waals surface area contributed by atoms with E-state index in [-0.39, 0.29) is 24.1 Å². The van der Waals surface area contributed by atoms with Crippen molar-refractivity contribution >= 4 is 45.5 Å². The number of sulfonamides is 1. The van der Waals surface area contributed by atoms with Gasteiger partial charge in [-0.15, -0.1) is 11.8 Å². The summed E-state index contributed by atoms with van der Waals surface area (Å²) in [6.07, 6.45) is 6.88. The van der Waals surface area contributed by atoms with Crippen LogP contribution in [-0.2, 0) is 14.8 Å². The minimum atomic E-state index is -3.28. The molecule has 0 bridgehead atoms. The van der Waals surface area contributed by atoms with Crippen molar-refractivity contribution in [2.75, 3.05) is 44.5 Å². The normalized spacial score (nSPS) is 22.2. The zero-order valence-electron chi connectivity index (χ0n) is 16.8. The maximum atomic E-state index is 13.2. The number of methoxy groups -OCH3 is 1. The number of nitrogens with zero attached hydrogens (tertiary/aromatic N) is 4. The fourth-order valence-corrected chi connectivity index (χ4v) is 5.96. The Morgan fingerprint density at radius 2 is 2.24 bits per heavy atom. The standard InChI is InChI=1S/C18H26N4O4S3/c1-4-29(24,25)21-7-5-6-13(12-21)17(23)22-8-9-28-15(22)10-14-11-19-18(27-3)20-16(14)26-2/h10-11,13H,4-9,12H2,1-3H3/b15-10+/t13-/m1/s1. The summed E-state index contributed by atoms with van der Waals surface area (Å²) in [7, 11) is -1.72. The summed E-state index contributed by atoms with van der Waals surface area (Å²) < 4.78 is 31.3. The Labute approximate surface area is 180 Å². The average molecular weight is 459 g/mol. The van der Waals surface area contributed by atoms with Gasteiger partial charge in [-0.05, 0) is 32.1 Å². The molecule has 1 aromatic heterocycles. The van der Waals surface area contributed by atoms with E-state index in [0.29, 0.717) is 42.5 Å². The van der Waals surface area contributed by atoms with E-state index in [0.717, 1.165) is 10.8 Å². The highest BCUT2D eigenvalue weighted by atomic mass is 32.2. The Kier molecular flexibility index (Phi) is 7.47. The first kappa shape index (κ1) is 22.4. The van der Waals surface area contributed by atoms with Crippen LogP contribution in [0.2, 0.25) is 0 Å². The number of aromatic nitrogens is 2. The van der Waals surface area contributed by atoms with Crippen molar-refractivity contribution in [1.29, 1.82) is 0 Å². The minimum absolute atomic E-state index is 0.0159. The molecule has 0 radical (unpaired) electrons. The largest absolute Gasteiger partial charge is 0.480 e. The van der Waals surface area contributed by atoms with Gasteiger partial charge in [-0.25, -0.2) is 17.7 Å². The van der Waals surface area contributed by atoms with Crippen LogP contribution in [0.15, 0.2) is 16.4 Å². The first-order chi connectivity index (χ1) is 13.9. The third-order valence-corrected chi connectivity index (χ3v) is 8.43. The van der Waals surface area contributed by atoms with Crippen LogP contribution in [0, 0.1) is 5.92 Å². The fourth-order valence-electron chi connectivity index (χ4n) is 3.42. The quantitative estimate of drug-likeness (QED) is 0.473. The molecule has 2 aliphatic rings. The molecule has 1 atom stereocenters. The lowest BCUT2D eigenvalue weighted by atomic mass is 9.98. The van der Waals surface area contributed by atoms with Crippen molar-refractivity contribution < 1.29 is 17.9 Å². The molecular formula is C18H26N4O4S3. The van der Waals surface area contributed by atoms with Crippen LogP contribution < -0.4 is 4.74 Å². The lowest BCUT2D eigenvalue weighted by Crippen LogP contribution is -2.46. The molecular weight excluding hydrogens is 432 g/mol. The van der Waals surface area contributed by atoms with Gasteiger partial charge in [0.2, 0.25) is 21.8 Å². The molecule has 2 aliphatic heterocycles. The van der Waals surface area contributed by atoms with Gasteiger partial charge < -0.3 is 9.64 Å². The summed E-state index contributed by atoms with van der Waals surface area (Å²) in [5.74, 6) is 0.995. The molecule has 0 aromatic carbocycles. The average Bonchev–Trinajstić information content (AvgIpc) is 3.21. The Bertz CT molecular complexity index is 891. The second-order valence-electron chi connectivity index (χ2n) is 6.74. The van der Waals surface area contributed by atoms with Gasteiger partial charge in [-0.2, -0.15) is 4.98 Å². The highest BCUT2D eigenvalue weighted by Crippen LogP contribution is 2.34. The van der Waals surface area contributed by atoms with Crippen LogP contribution in [0.4, 0.5) is 0 Å². The van der Waals surface area contributed by atoms with Crippen molar-refractivity contribution in [3.05, 3.63) is 16.8 Å². The highest BCUT2D eigenvalue weighted by Gasteiger charge is 2.36. The van der Waals surface area contributed by atoms with Gasteiger partial charge in [0.1, 0.15) is 0 Å². The van der Waals surface area contributed by atoms with Crippen LogP contribution >= 0.6 is 23.5 Å². The molecule has 0 spiro atoms. The van der Waals surface area contributed by atoms with Gasteiger partial charge in [-0.1, -0.05) is 11.8 Å². The maximum Gasteiger partial charge on any atom is 0.231 e. The van der Waals surface area contributed by atoms with E-state index >= 15 is 0 Å². The monoisotopic (exact) mass is 458 g/mol. The first-order valence-electron chi connectivity index (χ1n) is 9.48. The molecule has 8 nitrogen and oxygen atoms in total. The van der Waals surface area contributed by atoms with Gasteiger partial charge in [0.15, 0.2) is 5.16 Å². The zero-order chi connectivity index (χ0) is 21.0. The molecule has 3 rings (SSSR count). The van der Waals surface area contributed by atoms with E-state index in [4.69, 9.17) is 4.74 Å². The molecule has 3 heterocycles. The number of thioether (sulfide) groups is 2. The number of rotatable bonds is 6. The predicted octanol–water partition coefficient (Wildman–Crippen LogP) is 2.14. The van der Waals surface area contributed by atoms with Crippen molar-refractivity contribution in [2.45, 2.75) is 24.9 Å². The van der Waals surface area contributed by atoms with Gasteiger partial charge in [0, 0.05) is 31.6 Å². The molecule has 29 heavy (non-hydrogen) atoms. The van der Waals surface area contributed by atoms with Gasteiger partial charge in [0.25, 0.3) is 0 Å². The number of carbonyl (C=O) groups excluding carboxylic acids is 1. The van der Waals surface area contributed by atoms with Crippen LogP contribution in [0.5, 0.6) is 5.88 Å². The number of amides is 1. The Hall–Kier alpha value is -1.30. The van der Waals surface area contributed by atoms with Crippen molar-refractivity contribution in [2.24, 2.45) is 5.92 Å². The summed E-state index contributed by atoms with van der Waals surface area (Å²) in [4.78, 5) is 23.6. The lowest BCUT2D eigenvalue weighted by Gasteiger charge is -2.33. The highest BCUT2D eigenvalue weighted by molar-refractivity contribution is 8.03. The van der Waals surface area contributed by atoms with E-state index in [2.05, 4.69) is 9.97 Å². The molecule has 2 saturated heterocycles. The molecule has 1 amide bonds. The van der Waals surface area contributed by atoms with Crippen LogP contribution in [-0.4, -0.2) is 78.0 Å². The second kappa shape index (κ2) is 9.67. The predicted molar refractivity (Wildman–Crippen MR) is 116 cm³/mol. The Morgan fingerprint density at radius 3 is 2.93 bits per heavy atom. The van der Waals surface area contributed by atoms with Crippen LogP contribution in [0.3, 0.4) is 0 Å². The Balaban J connectivity index is 1.80. The Morgan fingerprint density at radius 1 is 1.45 bits per heavy atom. The van der Waals surface area contributed by atoms with Gasteiger partial charge in [-0.3, -0.25) is 4.79 Å². The smallest absolute Gasteiger partial charge is 0.231 e. The third kappa shape index (κ3) is 5.07. The summed E-state index contributed by atoms with van der Waals surface area (Å²) in [5, 5.41) is 1.44. The third-order valence-electron chi connectivity index (χ3n) is 5.00. The SMILES string of the molecule is CCS(=O)(=O)N1CCC[C@@H](C(=O)N2CCS/C2=C/c2cnc(SC)nc2OC)C1. The molecule has 1 aromatic rings. The zero-order valence-corrected chi connectivity index (χ0v) is 19.3. The number of hydrogen-bond acceptors (Lipinski definition) is 8. The summed E-state index contributed by atoms with van der Waals surface area (Å²) in [6.45, 7) is 3.00. The van der Waals surface area contributed by atoms with Crippen LogP contribution in [0.1, 0.15) is 25.3 Å². The molecule has 11 heteroatoms. The maximum absolute atomic E-state index is 13.2. The molecule has 160 valence electrons. The summed E-state index contributed by atoms with van der Waals surface area (Å²) >= 11 is 3.03. The van der Waals surface area contributed by atoms with E-state index in [9.17, 15) is 13.2 Å². The second-order valence-corrected chi connectivity index (χ2v) is 10.9. The van der Waals surface area contributed by atoms with Crippen molar-refractivity contribution in [3.8, 4) is 5.88 Å². The first-order valence-corrected chi connectivity index (χ1v) is 13.3. The number of hydrogen-bond donors (Lipinski definition) is 0. The van der Waals surface area contributed by atoms with E-state index in [1.165, 1.54) is 16.1 Å². The van der Waals surface area contributed by atoms with Gasteiger partial charge in [0.05, 0.1) is 29.4 Å². The molecule has 0 N–H and O–H groups in total. The summed E-state index contributed by atoms with van der Waals surface area (Å²) in [5.41, 5.74) is 0.714. The lowest BCUT2D eigenvalue weighted by molar-refractivity contribution is -0.133. The van der Waals surface area contributed by atoms with Gasteiger partial charge >= 0.3 is 0 Å². The fraction of sp³-hybridized carbons (Fsp3) is 0.611. The molecule has 0 saturated carbocycles. The van der Waals surface area contributed by atoms with E-state index in [1.807, 2.05) is 12.3 Å². The van der Waals surface area contributed by atoms with Crippen LogP contribution in [0.25, 0.3) is 6.08 Å². The molecule has 2 fully saturated rings. The topological polar surface area (TPSA) is 92.7 Å². The number of ether oxygens (including phenoxy) is 1. The minimum Gasteiger partial charge on any atom is -0.480 e. The molecule has 0 aliphatic carbocycles. The van der Waals surface area contributed by atoms with Crippen molar-refractivity contribution in [3.63, 3.8) is 0 Å². The van der Waals surface area contributed by atoms with E-state index in [1.54, 1.807) is 36.9 Å². The number of carbonyl (C=O) groups is 1. The molecule has 0 unspecified atom stereocenters.